The van der Waals surface area contributed by atoms with Gasteiger partial charge in [0.25, 0.3) is 0 Å². The van der Waals surface area contributed by atoms with Crippen LogP contribution in [0.5, 0.6) is 0 Å². The summed E-state index contributed by atoms with van der Waals surface area (Å²) in [5, 5.41) is 27.2. The van der Waals surface area contributed by atoms with Crippen LogP contribution in [-0.4, -0.2) is 91.1 Å². The van der Waals surface area contributed by atoms with E-state index in [4.69, 9.17) is 38.6 Å². The summed E-state index contributed by atoms with van der Waals surface area (Å²) in [6, 6.07) is 0. The zero-order valence-corrected chi connectivity index (χ0v) is 18.8. The number of aliphatic hydroxyl groups excluding tert-OH is 3. The Balaban J connectivity index is 4.99. The molecule has 0 aromatic rings. The van der Waals surface area contributed by atoms with Crippen LogP contribution in [0.3, 0.4) is 0 Å². The lowest BCUT2D eigenvalue weighted by atomic mass is 10.4. The van der Waals surface area contributed by atoms with Gasteiger partial charge in [-0.2, -0.15) is 0 Å². The van der Waals surface area contributed by atoms with Crippen molar-refractivity contribution in [2.24, 2.45) is 0 Å². The smallest absolute Gasteiger partial charge is 0.336 e. The molecule has 0 amide bonds. The number of hydrogen-bond donors (Lipinski definition) is 3. The Hall–Kier alpha value is -0.0900. The lowest BCUT2D eigenvalue weighted by molar-refractivity contribution is -0.0320. The summed E-state index contributed by atoms with van der Waals surface area (Å²) in [7, 11) is -3.62. The summed E-state index contributed by atoms with van der Waals surface area (Å²) in [4.78, 5) is 0. The highest BCUT2D eigenvalue weighted by Gasteiger charge is 2.37. The van der Waals surface area contributed by atoms with E-state index >= 15 is 0 Å². The van der Waals surface area contributed by atoms with Crippen LogP contribution in [0.1, 0.15) is 41.5 Å². The molecular weight excluding hydrogens is 391 g/mol. The number of aliphatic hydroxyl groups is 3. The third-order valence-electron chi connectivity index (χ3n) is 3.82. The van der Waals surface area contributed by atoms with Crippen molar-refractivity contribution >= 4 is 7.60 Å². The fraction of sp³-hybridized carbons (Fsp3) is 1.00. The quantitative estimate of drug-likeness (QED) is 0.295. The molecule has 9 nitrogen and oxygen atoms in total. The molecule has 170 valence electrons. The van der Waals surface area contributed by atoms with Crippen LogP contribution < -0.4 is 0 Å². The zero-order valence-electron chi connectivity index (χ0n) is 17.9. The molecule has 10 heteroatoms. The largest absolute Gasteiger partial charge is 0.394 e. The zero-order chi connectivity index (χ0) is 21.7. The normalized spacial score (nSPS) is 20.8. The Morgan fingerprint density at radius 2 is 0.929 bits per heavy atom. The standard InChI is InChI=1S/C18H39O9P/c1-13(7-19)23-10-16(4)26-28(22,18(6)12-25-15(3)9-21)27-17(5)11-24-14(2)8-20/h13-21H,7-12H2,1-6H3. The topological polar surface area (TPSA) is 124 Å². The van der Waals surface area contributed by atoms with Gasteiger partial charge < -0.3 is 38.6 Å². The van der Waals surface area contributed by atoms with E-state index in [0.717, 1.165) is 0 Å². The number of ether oxygens (including phenoxy) is 3. The molecule has 0 spiro atoms. The maximum absolute atomic E-state index is 13.5. The van der Waals surface area contributed by atoms with E-state index in [1.807, 2.05) is 0 Å². The van der Waals surface area contributed by atoms with Gasteiger partial charge in [-0.05, 0) is 41.5 Å². The molecule has 28 heavy (non-hydrogen) atoms. The van der Waals surface area contributed by atoms with Crippen LogP contribution in [0.2, 0.25) is 0 Å². The molecule has 0 aliphatic rings. The summed E-state index contributed by atoms with van der Waals surface area (Å²) in [5.74, 6) is 0. The summed E-state index contributed by atoms with van der Waals surface area (Å²) >= 11 is 0. The lowest BCUT2D eigenvalue weighted by Gasteiger charge is -2.30. The van der Waals surface area contributed by atoms with E-state index in [1.54, 1.807) is 41.5 Å². The molecule has 0 aliphatic carbocycles. The third-order valence-corrected chi connectivity index (χ3v) is 6.35. The van der Waals surface area contributed by atoms with Gasteiger partial charge in [0.15, 0.2) is 0 Å². The first-order valence-electron chi connectivity index (χ1n) is 9.71. The van der Waals surface area contributed by atoms with Gasteiger partial charge in [-0.3, -0.25) is 4.57 Å². The van der Waals surface area contributed by atoms with Crippen molar-refractivity contribution in [2.75, 3.05) is 39.6 Å². The van der Waals surface area contributed by atoms with Gasteiger partial charge in [0.2, 0.25) is 0 Å². The summed E-state index contributed by atoms with van der Waals surface area (Å²) in [6.07, 6.45) is -2.19. The van der Waals surface area contributed by atoms with Crippen molar-refractivity contribution < 1.29 is 43.1 Å². The summed E-state index contributed by atoms with van der Waals surface area (Å²) in [6.45, 7) is 10.2. The molecule has 3 N–H and O–H groups in total. The molecule has 0 aromatic carbocycles. The fourth-order valence-electron chi connectivity index (χ4n) is 1.95. The number of hydrogen-bond acceptors (Lipinski definition) is 9. The molecule has 0 aliphatic heterocycles. The van der Waals surface area contributed by atoms with Crippen molar-refractivity contribution in [3.63, 3.8) is 0 Å². The monoisotopic (exact) mass is 430 g/mol. The molecule has 0 bridgehead atoms. The molecule has 0 aromatic heterocycles. The second-order valence-corrected chi connectivity index (χ2v) is 9.58. The van der Waals surface area contributed by atoms with Crippen molar-refractivity contribution in [3.05, 3.63) is 0 Å². The minimum absolute atomic E-state index is 0.0836. The Bertz CT molecular complexity index is 411. The van der Waals surface area contributed by atoms with Crippen LogP contribution in [0.4, 0.5) is 0 Å². The van der Waals surface area contributed by atoms with E-state index in [9.17, 15) is 4.57 Å². The highest BCUT2D eigenvalue weighted by molar-refractivity contribution is 7.54. The van der Waals surface area contributed by atoms with Crippen LogP contribution in [-0.2, 0) is 27.8 Å². The lowest BCUT2D eigenvalue weighted by Crippen LogP contribution is -2.29. The molecule has 0 radical (unpaired) electrons. The Kier molecular flexibility index (Phi) is 14.8. The molecule has 0 saturated carbocycles. The van der Waals surface area contributed by atoms with E-state index in [2.05, 4.69) is 0 Å². The second-order valence-electron chi connectivity index (χ2n) is 7.20. The van der Waals surface area contributed by atoms with Gasteiger partial charge in [0, 0.05) is 0 Å². The molecule has 0 rings (SSSR count). The van der Waals surface area contributed by atoms with E-state index < -0.39 is 31.6 Å². The Morgan fingerprint density at radius 3 is 1.25 bits per heavy atom. The predicted octanol–water partition coefficient (Wildman–Crippen LogP) is 1.57. The van der Waals surface area contributed by atoms with Crippen molar-refractivity contribution in [1.29, 1.82) is 0 Å². The first-order valence-corrected chi connectivity index (χ1v) is 11.3. The molecule has 0 fully saturated rings. The molecule has 0 saturated heterocycles. The van der Waals surface area contributed by atoms with Crippen molar-refractivity contribution in [3.8, 4) is 0 Å². The van der Waals surface area contributed by atoms with Gasteiger partial charge >= 0.3 is 7.60 Å². The first-order chi connectivity index (χ1) is 13.1. The molecule has 6 unspecified atom stereocenters. The molecule has 0 heterocycles. The fourth-order valence-corrected chi connectivity index (χ4v) is 3.81. The minimum Gasteiger partial charge on any atom is -0.394 e. The van der Waals surface area contributed by atoms with Gasteiger partial charge in [-0.15, -0.1) is 0 Å². The highest BCUT2D eigenvalue weighted by atomic mass is 31.2. The molecule has 6 atom stereocenters. The average Bonchev–Trinajstić information content (AvgIpc) is 2.67. The highest BCUT2D eigenvalue weighted by Crippen LogP contribution is 2.55. The van der Waals surface area contributed by atoms with Crippen molar-refractivity contribution in [1.82, 2.24) is 0 Å². The third kappa shape index (κ3) is 11.8. The van der Waals surface area contributed by atoms with Crippen LogP contribution >= 0.6 is 7.60 Å². The SMILES string of the molecule is CC(CO)OCC(C)OP(=O)(OC(C)COC(C)CO)C(C)COC(C)CO. The first kappa shape index (κ1) is 27.9. The van der Waals surface area contributed by atoms with Crippen LogP contribution in [0.15, 0.2) is 0 Å². The maximum Gasteiger partial charge on any atom is 0.336 e. The van der Waals surface area contributed by atoms with E-state index in [-0.39, 0.29) is 51.8 Å². The average molecular weight is 430 g/mol. The second kappa shape index (κ2) is 14.8. The Labute approximate surface area is 168 Å². The van der Waals surface area contributed by atoms with Gasteiger partial charge in [0.05, 0.1) is 75.8 Å². The Morgan fingerprint density at radius 1 is 0.607 bits per heavy atom. The van der Waals surface area contributed by atoms with E-state index in [1.165, 1.54) is 0 Å². The van der Waals surface area contributed by atoms with Crippen molar-refractivity contribution in [2.45, 2.75) is 77.7 Å². The van der Waals surface area contributed by atoms with Gasteiger partial charge in [-0.25, -0.2) is 0 Å². The predicted molar refractivity (Wildman–Crippen MR) is 106 cm³/mol. The van der Waals surface area contributed by atoms with Gasteiger partial charge in [-0.1, -0.05) is 0 Å². The number of rotatable bonds is 17. The maximum atomic E-state index is 13.5. The molecular formula is C18H39O9P. The van der Waals surface area contributed by atoms with Gasteiger partial charge in [0.1, 0.15) is 0 Å². The summed E-state index contributed by atoms with van der Waals surface area (Å²) < 4.78 is 41.3. The van der Waals surface area contributed by atoms with E-state index in [0.29, 0.717) is 0 Å². The van der Waals surface area contributed by atoms with Crippen LogP contribution in [0.25, 0.3) is 0 Å². The summed E-state index contributed by atoms with van der Waals surface area (Å²) in [5.41, 5.74) is -0.586. The van der Waals surface area contributed by atoms with Crippen LogP contribution in [0, 0.1) is 0 Å². The minimum atomic E-state index is -3.62.